The largest absolute Gasteiger partial charge is 0.478 e. The lowest BCUT2D eigenvalue weighted by Crippen LogP contribution is -2.05. The zero-order valence-electron chi connectivity index (χ0n) is 18.9. The summed E-state index contributed by atoms with van der Waals surface area (Å²) in [6.07, 6.45) is 0. The van der Waals surface area contributed by atoms with Crippen molar-refractivity contribution < 1.29 is 19.8 Å². The average molecular weight is 361 g/mol. The lowest BCUT2D eigenvalue weighted by Gasteiger charge is -2.17. The Balaban J connectivity index is 2.36. The zero-order valence-corrected chi connectivity index (χ0v) is 14.9. The van der Waals surface area contributed by atoms with E-state index < -0.39 is 5.97 Å². The Hall–Kier alpha value is -3.40. The van der Waals surface area contributed by atoms with Gasteiger partial charge in [-0.3, -0.25) is 4.99 Å². The van der Waals surface area contributed by atoms with Crippen molar-refractivity contribution in [2.75, 3.05) is 6.54 Å². The first-order chi connectivity index (χ1) is 14.8. The van der Waals surface area contributed by atoms with Gasteiger partial charge in [0.1, 0.15) is 11.3 Å². The number of carboxylic acid groups (broad SMARTS) is 1. The second-order valence-corrected chi connectivity index (χ2v) is 6.11. The number of rotatable bonds is 3. The number of hydrogen-bond donors (Lipinski definition) is 1. The molecule has 4 nitrogen and oxygen atoms in total. The number of fused-ring (bicyclic) bond motifs is 2. The van der Waals surface area contributed by atoms with Crippen molar-refractivity contribution in [3.63, 3.8) is 0 Å². The number of aryl methyl sites for hydroxylation is 1. The average Bonchev–Trinajstić information content (AvgIpc) is 2.74. The summed E-state index contributed by atoms with van der Waals surface area (Å²) < 4.78 is 40.3. The quantitative estimate of drug-likeness (QED) is 0.514. The number of benzene rings is 3. The zero-order chi connectivity index (χ0) is 22.4. The summed E-state index contributed by atoms with van der Waals surface area (Å²) >= 11 is 0. The molecule has 0 unspecified atom stereocenters. The molecule has 27 heavy (non-hydrogen) atoms. The fraction of sp³-hybridized carbons (Fsp3) is 0.130. The van der Waals surface area contributed by atoms with E-state index in [4.69, 9.17) is 9.90 Å². The summed E-state index contributed by atoms with van der Waals surface area (Å²) in [6.45, 7) is 3.92. The minimum absolute atomic E-state index is 0.00365. The molecule has 4 heteroatoms. The van der Waals surface area contributed by atoms with Crippen LogP contribution < -0.4 is 5.36 Å². The van der Waals surface area contributed by atoms with Crippen LogP contribution >= 0.6 is 0 Å². The van der Waals surface area contributed by atoms with Crippen molar-refractivity contribution in [2.45, 2.75) is 13.8 Å². The van der Waals surface area contributed by atoms with Crippen molar-refractivity contribution in [1.82, 2.24) is 0 Å². The van der Waals surface area contributed by atoms with Gasteiger partial charge in [0.25, 0.3) is 0 Å². The van der Waals surface area contributed by atoms with E-state index in [1.165, 1.54) is 18.2 Å². The Morgan fingerprint density at radius 3 is 2.74 bits per heavy atom. The van der Waals surface area contributed by atoms with E-state index in [0.29, 0.717) is 23.2 Å². The molecule has 1 heterocycles. The van der Waals surface area contributed by atoms with Crippen LogP contribution in [0, 0.1) is 6.92 Å². The van der Waals surface area contributed by atoms with Crippen molar-refractivity contribution >= 4 is 16.9 Å². The van der Waals surface area contributed by atoms with E-state index in [-0.39, 0.29) is 57.4 Å². The fourth-order valence-corrected chi connectivity index (χ4v) is 3.11. The van der Waals surface area contributed by atoms with Crippen LogP contribution in [0.25, 0.3) is 33.4 Å². The first-order valence-electron chi connectivity index (χ1n) is 10.6. The van der Waals surface area contributed by atoms with E-state index in [2.05, 4.69) is 4.99 Å². The van der Waals surface area contributed by atoms with Crippen molar-refractivity contribution in [3.8, 4) is 22.5 Å². The topological polar surface area (TPSA) is 62.8 Å². The third kappa shape index (κ3) is 2.99. The van der Waals surface area contributed by atoms with Crippen LogP contribution in [0.1, 0.15) is 28.3 Å². The summed E-state index contributed by atoms with van der Waals surface area (Å²) in [5.74, 6) is -1.11. The third-order valence-corrected chi connectivity index (χ3v) is 4.25. The molecule has 4 rings (SSSR count). The van der Waals surface area contributed by atoms with Crippen LogP contribution in [-0.4, -0.2) is 17.6 Å². The molecule has 0 bridgehead atoms. The molecule has 2 aromatic carbocycles. The SMILES string of the molecule is [2H]c1cc(=NCC)c([2H])c2oc3c([2H])c(C)cc([2H])c3c(-c3ccccc3C(=O)O)c1-2. The fourth-order valence-electron chi connectivity index (χ4n) is 3.11. The van der Waals surface area contributed by atoms with E-state index in [1.54, 1.807) is 25.1 Å². The second-order valence-electron chi connectivity index (χ2n) is 6.11. The van der Waals surface area contributed by atoms with Crippen LogP contribution in [-0.2, 0) is 0 Å². The Bertz CT molecular complexity index is 1410. The van der Waals surface area contributed by atoms with Gasteiger partial charge in [-0.1, -0.05) is 30.3 Å². The maximum Gasteiger partial charge on any atom is 0.336 e. The summed E-state index contributed by atoms with van der Waals surface area (Å²) in [7, 11) is 0. The number of aromatic carboxylic acids is 1. The van der Waals surface area contributed by atoms with Gasteiger partial charge in [0.15, 0.2) is 0 Å². The highest BCUT2D eigenvalue weighted by Gasteiger charge is 2.20. The first kappa shape index (κ1) is 12.9. The highest BCUT2D eigenvalue weighted by molar-refractivity contribution is 6.07. The molecule has 0 fully saturated rings. The number of hydrogen-bond acceptors (Lipinski definition) is 3. The summed E-state index contributed by atoms with van der Waals surface area (Å²) in [6, 6.07) is 9.35. The van der Waals surface area contributed by atoms with Gasteiger partial charge in [-0.15, -0.1) is 0 Å². The molecule has 2 aromatic rings. The van der Waals surface area contributed by atoms with Crippen LogP contribution in [0.3, 0.4) is 0 Å². The highest BCUT2D eigenvalue weighted by Crippen LogP contribution is 2.41. The number of carbonyl (C=O) groups is 1. The number of nitrogens with zero attached hydrogens (tertiary/aromatic N) is 1. The monoisotopic (exact) mass is 361 g/mol. The molecule has 0 saturated carbocycles. The minimum atomic E-state index is -1.15. The van der Waals surface area contributed by atoms with Gasteiger partial charge in [0.05, 0.1) is 16.4 Å². The molecule has 134 valence electrons. The van der Waals surface area contributed by atoms with Crippen LogP contribution in [0.4, 0.5) is 0 Å². The van der Waals surface area contributed by atoms with E-state index >= 15 is 0 Å². The van der Waals surface area contributed by atoms with Crippen LogP contribution in [0.5, 0.6) is 0 Å². The van der Waals surface area contributed by atoms with Crippen molar-refractivity contribution in [3.05, 3.63) is 77.1 Å². The molecular formula is C23H19NO3. The van der Waals surface area contributed by atoms with Crippen molar-refractivity contribution in [1.29, 1.82) is 0 Å². The Kier molecular flexibility index (Phi) is 3.21. The van der Waals surface area contributed by atoms with E-state index in [0.717, 1.165) is 0 Å². The molecule has 0 radical (unpaired) electrons. The minimum Gasteiger partial charge on any atom is -0.478 e. The third-order valence-electron chi connectivity index (χ3n) is 4.25. The van der Waals surface area contributed by atoms with E-state index in [1.807, 2.05) is 6.92 Å². The van der Waals surface area contributed by atoms with E-state index in [9.17, 15) is 9.90 Å². The predicted molar refractivity (Wildman–Crippen MR) is 106 cm³/mol. The Labute approximate surface area is 162 Å². The molecule has 0 saturated heterocycles. The number of carboxylic acids is 1. The molecular weight excluding hydrogens is 338 g/mol. The standard InChI is InChI=1S/C23H19NO3/c1-3-24-15-9-11-19-21(13-15)27-20-12-14(2)8-10-18(20)22(19)16-6-4-5-7-17(16)23(25)26/h4-13H,3H2,1-2H3,(H,25,26)/i10D,11D,12D,13D. The molecule has 2 aliphatic rings. The summed E-state index contributed by atoms with van der Waals surface area (Å²) in [5.41, 5.74) is 1.41. The van der Waals surface area contributed by atoms with Gasteiger partial charge in [-0.25, -0.2) is 4.79 Å². The van der Waals surface area contributed by atoms with Gasteiger partial charge >= 0.3 is 5.97 Å². The van der Waals surface area contributed by atoms with Gasteiger partial charge in [-0.2, -0.15) is 0 Å². The summed E-state index contributed by atoms with van der Waals surface area (Å²) in [4.78, 5) is 16.2. The van der Waals surface area contributed by atoms with Crippen LogP contribution in [0.15, 0.2) is 70.0 Å². The molecule has 0 aromatic heterocycles. The molecule has 0 spiro atoms. The smallest absolute Gasteiger partial charge is 0.336 e. The molecule has 1 aliphatic carbocycles. The molecule has 1 aliphatic heterocycles. The lowest BCUT2D eigenvalue weighted by atomic mass is 9.90. The summed E-state index contributed by atoms with van der Waals surface area (Å²) in [5, 5.41) is 10.3. The highest BCUT2D eigenvalue weighted by atomic mass is 16.4. The van der Waals surface area contributed by atoms with Crippen LogP contribution in [0.2, 0.25) is 0 Å². The Morgan fingerprint density at radius 1 is 1.15 bits per heavy atom. The Morgan fingerprint density at radius 2 is 1.96 bits per heavy atom. The van der Waals surface area contributed by atoms with Crippen molar-refractivity contribution in [2.24, 2.45) is 4.99 Å². The normalized spacial score (nSPS) is 14.1. The van der Waals surface area contributed by atoms with Gasteiger partial charge in [0.2, 0.25) is 0 Å². The molecule has 0 amide bonds. The van der Waals surface area contributed by atoms with Gasteiger partial charge in [-0.05, 0) is 49.2 Å². The lowest BCUT2D eigenvalue weighted by molar-refractivity contribution is 0.0697. The molecule has 1 N–H and O–H groups in total. The first-order valence-corrected chi connectivity index (χ1v) is 8.56. The predicted octanol–water partition coefficient (Wildman–Crippen LogP) is 5.13. The second kappa shape index (κ2) is 6.72. The molecule has 0 atom stereocenters. The maximum atomic E-state index is 12.0. The van der Waals surface area contributed by atoms with Gasteiger partial charge < -0.3 is 9.52 Å². The van der Waals surface area contributed by atoms with Gasteiger partial charge in [0, 0.05) is 29.1 Å². The maximum absolute atomic E-state index is 12.0.